The van der Waals surface area contributed by atoms with Crippen LogP contribution in [0.4, 0.5) is 0 Å². The van der Waals surface area contributed by atoms with Crippen LogP contribution in [0.1, 0.15) is 11.4 Å². The van der Waals surface area contributed by atoms with Gasteiger partial charge in [0.15, 0.2) is 0 Å². The summed E-state index contributed by atoms with van der Waals surface area (Å²) in [7, 11) is 0. The molecule has 1 aromatic heterocycles. The molecule has 0 bridgehead atoms. The van der Waals surface area contributed by atoms with Gasteiger partial charge < -0.3 is 0 Å². The van der Waals surface area contributed by atoms with Crippen LogP contribution in [-0.2, 0) is 0 Å². The second-order valence-electron chi connectivity index (χ2n) is 3.01. The second kappa shape index (κ2) is 3.46. The number of hydrogen-bond donors (Lipinski definition) is 0. The highest BCUT2D eigenvalue weighted by molar-refractivity contribution is 5.49. The SMILES string of the molecule is C=Cc1ccc(-n2ncnc2C)cc1. The largest absolute Gasteiger partial charge is 0.220 e. The first-order chi connectivity index (χ1) is 6.81. The quantitative estimate of drug-likeness (QED) is 0.718. The van der Waals surface area contributed by atoms with Gasteiger partial charge in [-0.3, -0.25) is 0 Å². The van der Waals surface area contributed by atoms with E-state index in [1.807, 2.05) is 37.3 Å². The molecule has 0 saturated carbocycles. The Kier molecular flexibility index (Phi) is 2.14. The van der Waals surface area contributed by atoms with Crippen LogP contribution in [0.25, 0.3) is 11.8 Å². The lowest BCUT2D eigenvalue weighted by Crippen LogP contribution is -1.98. The third-order valence-electron chi connectivity index (χ3n) is 2.09. The summed E-state index contributed by atoms with van der Waals surface area (Å²) < 4.78 is 1.80. The van der Waals surface area contributed by atoms with Crippen LogP contribution in [0.2, 0.25) is 0 Å². The van der Waals surface area contributed by atoms with Gasteiger partial charge in [0.1, 0.15) is 12.2 Å². The maximum Gasteiger partial charge on any atom is 0.138 e. The van der Waals surface area contributed by atoms with E-state index in [9.17, 15) is 0 Å². The standard InChI is InChI=1S/C11H11N3/c1-3-10-4-6-11(7-5-10)14-9(2)12-8-13-14/h3-8H,1H2,2H3. The van der Waals surface area contributed by atoms with Crippen molar-refractivity contribution < 1.29 is 0 Å². The maximum absolute atomic E-state index is 4.12. The highest BCUT2D eigenvalue weighted by Crippen LogP contribution is 2.10. The van der Waals surface area contributed by atoms with E-state index in [0.717, 1.165) is 17.1 Å². The smallest absolute Gasteiger partial charge is 0.138 e. The van der Waals surface area contributed by atoms with Crippen molar-refractivity contribution in [1.29, 1.82) is 0 Å². The third kappa shape index (κ3) is 1.44. The molecule has 0 N–H and O–H groups in total. The molecular weight excluding hydrogens is 174 g/mol. The molecular formula is C11H11N3. The van der Waals surface area contributed by atoms with E-state index in [1.165, 1.54) is 0 Å². The van der Waals surface area contributed by atoms with Gasteiger partial charge in [-0.1, -0.05) is 24.8 Å². The average Bonchev–Trinajstić information content (AvgIpc) is 2.65. The summed E-state index contributed by atoms with van der Waals surface area (Å²) in [6.45, 7) is 5.63. The van der Waals surface area contributed by atoms with Crippen molar-refractivity contribution in [2.75, 3.05) is 0 Å². The van der Waals surface area contributed by atoms with Gasteiger partial charge in [0.2, 0.25) is 0 Å². The average molecular weight is 185 g/mol. The lowest BCUT2D eigenvalue weighted by atomic mass is 10.2. The van der Waals surface area contributed by atoms with E-state index < -0.39 is 0 Å². The first-order valence-electron chi connectivity index (χ1n) is 4.41. The van der Waals surface area contributed by atoms with Crippen LogP contribution < -0.4 is 0 Å². The molecule has 70 valence electrons. The fraction of sp³-hybridized carbons (Fsp3) is 0.0909. The Bertz CT molecular complexity index is 440. The summed E-state index contributed by atoms with van der Waals surface area (Å²) in [4.78, 5) is 4.07. The zero-order chi connectivity index (χ0) is 9.97. The molecule has 0 aliphatic heterocycles. The molecule has 0 radical (unpaired) electrons. The molecule has 14 heavy (non-hydrogen) atoms. The van der Waals surface area contributed by atoms with Gasteiger partial charge >= 0.3 is 0 Å². The minimum absolute atomic E-state index is 0.886. The summed E-state index contributed by atoms with van der Waals surface area (Å²) in [6.07, 6.45) is 3.37. The summed E-state index contributed by atoms with van der Waals surface area (Å²) in [5.41, 5.74) is 2.12. The number of aromatic nitrogens is 3. The fourth-order valence-corrected chi connectivity index (χ4v) is 1.30. The van der Waals surface area contributed by atoms with Crippen LogP contribution in [0.15, 0.2) is 37.2 Å². The zero-order valence-corrected chi connectivity index (χ0v) is 8.01. The summed E-state index contributed by atoms with van der Waals surface area (Å²) in [5.74, 6) is 0.886. The topological polar surface area (TPSA) is 30.7 Å². The molecule has 1 heterocycles. The monoisotopic (exact) mass is 185 g/mol. The number of rotatable bonds is 2. The lowest BCUT2D eigenvalue weighted by Gasteiger charge is -2.02. The molecule has 0 aliphatic rings. The normalized spacial score (nSPS) is 10.1. The highest BCUT2D eigenvalue weighted by Gasteiger charge is 2.00. The van der Waals surface area contributed by atoms with Crippen molar-refractivity contribution in [3.05, 3.63) is 48.6 Å². The zero-order valence-electron chi connectivity index (χ0n) is 8.01. The lowest BCUT2D eigenvalue weighted by molar-refractivity contribution is 0.840. The summed E-state index contributed by atoms with van der Waals surface area (Å²) in [6, 6.07) is 8.00. The Morgan fingerprint density at radius 3 is 2.50 bits per heavy atom. The molecule has 0 fully saturated rings. The molecule has 0 saturated heterocycles. The van der Waals surface area contributed by atoms with Crippen LogP contribution in [-0.4, -0.2) is 14.8 Å². The van der Waals surface area contributed by atoms with Gasteiger partial charge in [-0.15, -0.1) is 0 Å². The Labute approximate surface area is 82.7 Å². The van der Waals surface area contributed by atoms with Gasteiger partial charge in [-0.2, -0.15) is 5.10 Å². The van der Waals surface area contributed by atoms with Crippen molar-refractivity contribution in [2.45, 2.75) is 6.92 Å². The molecule has 0 aliphatic carbocycles. The second-order valence-corrected chi connectivity index (χ2v) is 3.01. The van der Waals surface area contributed by atoms with Crippen LogP contribution >= 0.6 is 0 Å². The Morgan fingerprint density at radius 2 is 2.00 bits per heavy atom. The van der Waals surface area contributed by atoms with Gasteiger partial charge in [-0.25, -0.2) is 9.67 Å². The molecule has 2 rings (SSSR count). The predicted molar refractivity (Wildman–Crippen MR) is 56.2 cm³/mol. The molecule has 1 aromatic carbocycles. The van der Waals surface area contributed by atoms with Crippen molar-refractivity contribution in [3.63, 3.8) is 0 Å². The number of aryl methyl sites for hydroxylation is 1. The molecule has 0 unspecified atom stereocenters. The van der Waals surface area contributed by atoms with Crippen LogP contribution in [0.3, 0.4) is 0 Å². The third-order valence-corrected chi connectivity index (χ3v) is 2.09. The van der Waals surface area contributed by atoms with E-state index >= 15 is 0 Å². The van der Waals surface area contributed by atoms with Crippen LogP contribution in [0, 0.1) is 6.92 Å². The van der Waals surface area contributed by atoms with Gasteiger partial charge in [0, 0.05) is 0 Å². The van der Waals surface area contributed by atoms with E-state index in [0.29, 0.717) is 0 Å². The first kappa shape index (κ1) is 8.69. The molecule has 2 aromatic rings. The van der Waals surface area contributed by atoms with Crippen molar-refractivity contribution in [3.8, 4) is 5.69 Å². The van der Waals surface area contributed by atoms with E-state index in [-0.39, 0.29) is 0 Å². The predicted octanol–water partition coefficient (Wildman–Crippen LogP) is 2.22. The van der Waals surface area contributed by atoms with Crippen molar-refractivity contribution >= 4 is 6.08 Å². The van der Waals surface area contributed by atoms with E-state index in [2.05, 4.69) is 16.7 Å². The Morgan fingerprint density at radius 1 is 1.29 bits per heavy atom. The number of benzene rings is 1. The van der Waals surface area contributed by atoms with Crippen molar-refractivity contribution in [2.24, 2.45) is 0 Å². The molecule has 0 atom stereocenters. The van der Waals surface area contributed by atoms with E-state index in [1.54, 1.807) is 11.0 Å². The molecule has 3 nitrogen and oxygen atoms in total. The summed E-state index contributed by atoms with van der Waals surface area (Å²) >= 11 is 0. The molecule has 0 spiro atoms. The summed E-state index contributed by atoms with van der Waals surface area (Å²) in [5, 5.41) is 4.12. The first-order valence-corrected chi connectivity index (χ1v) is 4.41. The minimum Gasteiger partial charge on any atom is -0.220 e. The van der Waals surface area contributed by atoms with E-state index in [4.69, 9.17) is 0 Å². The van der Waals surface area contributed by atoms with Crippen molar-refractivity contribution in [1.82, 2.24) is 14.8 Å². The van der Waals surface area contributed by atoms with Crippen LogP contribution in [0.5, 0.6) is 0 Å². The molecule has 3 heteroatoms. The molecule has 0 amide bonds. The van der Waals surface area contributed by atoms with Gasteiger partial charge in [0.05, 0.1) is 5.69 Å². The number of nitrogens with zero attached hydrogens (tertiary/aromatic N) is 3. The minimum atomic E-state index is 0.886. The van der Waals surface area contributed by atoms with Gasteiger partial charge in [0.25, 0.3) is 0 Å². The Balaban J connectivity index is 2.43. The number of hydrogen-bond acceptors (Lipinski definition) is 2. The maximum atomic E-state index is 4.12. The Hall–Kier alpha value is -1.90. The van der Waals surface area contributed by atoms with Gasteiger partial charge in [-0.05, 0) is 24.6 Å². The fourth-order valence-electron chi connectivity index (χ4n) is 1.30. The highest BCUT2D eigenvalue weighted by atomic mass is 15.3.